The van der Waals surface area contributed by atoms with Gasteiger partial charge in [-0.25, -0.2) is 0 Å². The van der Waals surface area contributed by atoms with E-state index in [-0.39, 0.29) is 5.97 Å². The van der Waals surface area contributed by atoms with Gasteiger partial charge in [0.2, 0.25) is 0 Å². The molecule has 2 unspecified atom stereocenters. The van der Waals surface area contributed by atoms with Crippen LogP contribution in [0.2, 0.25) is 0 Å². The van der Waals surface area contributed by atoms with Crippen molar-refractivity contribution in [2.24, 2.45) is 0 Å². The van der Waals surface area contributed by atoms with Crippen molar-refractivity contribution in [3.05, 3.63) is 0 Å². The van der Waals surface area contributed by atoms with E-state index >= 15 is 0 Å². The Morgan fingerprint density at radius 2 is 2.05 bits per heavy atom. The van der Waals surface area contributed by atoms with Crippen LogP contribution in [0.5, 0.6) is 0 Å². The Hall–Kier alpha value is -0.650. The molecule has 2 aliphatic carbocycles. The maximum Gasteiger partial charge on any atom is 0.326 e. The van der Waals surface area contributed by atoms with Gasteiger partial charge in [-0.05, 0) is 53.0 Å². The van der Waals surface area contributed by atoms with Crippen molar-refractivity contribution < 1.29 is 14.3 Å². The van der Waals surface area contributed by atoms with E-state index in [1.807, 2.05) is 13.8 Å². The zero-order chi connectivity index (χ0) is 15.3. The van der Waals surface area contributed by atoms with E-state index in [2.05, 4.69) is 17.3 Å². The lowest BCUT2D eigenvalue weighted by Crippen LogP contribution is -2.53. The molecule has 0 bridgehead atoms. The number of likely N-dealkylation sites (N-methyl/N-ethyl adjacent to an activating group) is 1. The summed E-state index contributed by atoms with van der Waals surface area (Å²) in [4.78, 5) is 14.8. The first kappa shape index (κ1) is 16.7. The number of nitrogens with zero attached hydrogens (tertiary/aromatic N) is 1. The molecule has 2 rings (SSSR count). The molecule has 2 saturated carbocycles. The minimum absolute atomic E-state index is 0.0578. The Labute approximate surface area is 128 Å². The molecule has 0 radical (unpaired) electrons. The van der Waals surface area contributed by atoms with E-state index < -0.39 is 5.54 Å². The molecule has 0 spiro atoms. The smallest absolute Gasteiger partial charge is 0.326 e. The minimum Gasteiger partial charge on any atom is -0.465 e. The molecular weight excluding hydrogens is 268 g/mol. The molecule has 2 atom stereocenters. The number of carbonyl (C=O) groups is 1. The highest BCUT2D eigenvalue weighted by atomic mass is 16.5. The summed E-state index contributed by atoms with van der Waals surface area (Å²) >= 11 is 0. The first-order valence-electron chi connectivity index (χ1n) is 8.34. The van der Waals surface area contributed by atoms with E-state index in [1.54, 1.807) is 0 Å². The van der Waals surface area contributed by atoms with Crippen molar-refractivity contribution in [1.29, 1.82) is 0 Å². The molecule has 0 amide bonds. The standard InChI is InChI=1S/C16H30N2O3/c1-4-20-11-10-18(3)14-8-9-16(12-14,15(19)21-5-2)17-13-6-7-13/h13-14,17H,4-12H2,1-3H3. The Morgan fingerprint density at radius 3 is 2.67 bits per heavy atom. The molecule has 0 aromatic heterocycles. The molecule has 2 fully saturated rings. The van der Waals surface area contributed by atoms with Crippen LogP contribution in [0.4, 0.5) is 0 Å². The summed E-state index contributed by atoms with van der Waals surface area (Å²) in [5.41, 5.74) is -0.457. The lowest BCUT2D eigenvalue weighted by molar-refractivity contribution is -0.151. The molecule has 0 heterocycles. The zero-order valence-electron chi connectivity index (χ0n) is 13.7. The number of hydrogen-bond acceptors (Lipinski definition) is 5. The summed E-state index contributed by atoms with van der Waals surface area (Å²) in [6.45, 7) is 6.78. The van der Waals surface area contributed by atoms with Gasteiger partial charge in [-0.3, -0.25) is 10.1 Å². The largest absolute Gasteiger partial charge is 0.465 e. The number of ether oxygens (including phenoxy) is 2. The van der Waals surface area contributed by atoms with E-state index in [0.29, 0.717) is 18.7 Å². The molecule has 0 aromatic carbocycles. The SMILES string of the molecule is CCOCCN(C)C1CCC(NC2CC2)(C(=O)OCC)C1. The summed E-state index contributed by atoms with van der Waals surface area (Å²) in [7, 11) is 2.13. The van der Waals surface area contributed by atoms with E-state index in [0.717, 1.165) is 39.0 Å². The third-order valence-electron chi connectivity index (χ3n) is 4.63. The lowest BCUT2D eigenvalue weighted by atomic mass is 9.97. The van der Waals surface area contributed by atoms with Crippen LogP contribution in [-0.4, -0.2) is 61.9 Å². The number of carbonyl (C=O) groups excluding carboxylic acids is 1. The van der Waals surface area contributed by atoms with Gasteiger partial charge in [0.1, 0.15) is 5.54 Å². The normalized spacial score (nSPS) is 29.0. The second kappa shape index (κ2) is 7.56. The van der Waals surface area contributed by atoms with Crippen LogP contribution >= 0.6 is 0 Å². The van der Waals surface area contributed by atoms with Crippen molar-refractivity contribution in [1.82, 2.24) is 10.2 Å². The van der Waals surface area contributed by atoms with Crippen LogP contribution in [0.15, 0.2) is 0 Å². The predicted molar refractivity (Wildman–Crippen MR) is 82.3 cm³/mol. The number of hydrogen-bond donors (Lipinski definition) is 1. The molecule has 5 heteroatoms. The van der Waals surface area contributed by atoms with Crippen molar-refractivity contribution in [3.63, 3.8) is 0 Å². The summed E-state index contributed by atoms with van der Waals surface area (Å²) in [6.07, 6.45) is 5.15. The first-order chi connectivity index (χ1) is 10.1. The van der Waals surface area contributed by atoms with Gasteiger partial charge in [-0.2, -0.15) is 0 Å². The maximum atomic E-state index is 12.4. The van der Waals surface area contributed by atoms with Crippen LogP contribution in [0.1, 0.15) is 46.0 Å². The van der Waals surface area contributed by atoms with E-state index in [4.69, 9.17) is 9.47 Å². The Balaban J connectivity index is 1.91. The van der Waals surface area contributed by atoms with Gasteiger partial charge in [-0.1, -0.05) is 0 Å². The molecule has 5 nitrogen and oxygen atoms in total. The van der Waals surface area contributed by atoms with Gasteiger partial charge in [0.25, 0.3) is 0 Å². The molecule has 0 aromatic rings. The average Bonchev–Trinajstić information content (AvgIpc) is 3.16. The predicted octanol–water partition coefficient (Wildman–Crippen LogP) is 1.56. The van der Waals surface area contributed by atoms with Crippen molar-refractivity contribution in [3.8, 4) is 0 Å². The summed E-state index contributed by atoms with van der Waals surface area (Å²) in [5.74, 6) is -0.0578. The molecular formula is C16H30N2O3. The summed E-state index contributed by atoms with van der Waals surface area (Å²) in [5, 5.41) is 3.57. The van der Waals surface area contributed by atoms with Crippen LogP contribution < -0.4 is 5.32 Å². The first-order valence-corrected chi connectivity index (χ1v) is 8.34. The molecule has 0 saturated heterocycles. The fourth-order valence-corrected chi connectivity index (χ4v) is 3.19. The Kier molecular flexibility index (Phi) is 6.02. The van der Waals surface area contributed by atoms with Gasteiger partial charge in [0.15, 0.2) is 0 Å². The topological polar surface area (TPSA) is 50.8 Å². The highest BCUT2D eigenvalue weighted by molar-refractivity contribution is 5.81. The second-order valence-electron chi connectivity index (χ2n) is 6.30. The van der Waals surface area contributed by atoms with Gasteiger partial charge in [-0.15, -0.1) is 0 Å². The quantitative estimate of drug-likeness (QED) is 0.517. The maximum absolute atomic E-state index is 12.4. The Morgan fingerprint density at radius 1 is 1.29 bits per heavy atom. The number of esters is 1. The fraction of sp³-hybridized carbons (Fsp3) is 0.938. The molecule has 1 N–H and O–H groups in total. The highest BCUT2D eigenvalue weighted by Crippen LogP contribution is 2.37. The van der Waals surface area contributed by atoms with Crippen molar-refractivity contribution in [2.75, 3.05) is 33.4 Å². The summed E-state index contributed by atoms with van der Waals surface area (Å²) < 4.78 is 10.8. The third kappa shape index (κ3) is 4.41. The Bertz CT molecular complexity index is 346. The van der Waals surface area contributed by atoms with Gasteiger partial charge < -0.3 is 14.4 Å². The zero-order valence-corrected chi connectivity index (χ0v) is 13.7. The minimum atomic E-state index is -0.457. The molecule has 21 heavy (non-hydrogen) atoms. The molecule has 2 aliphatic rings. The third-order valence-corrected chi connectivity index (χ3v) is 4.63. The van der Waals surface area contributed by atoms with E-state index in [1.165, 1.54) is 12.8 Å². The van der Waals surface area contributed by atoms with Gasteiger partial charge in [0, 0.05) is 25.2 Å². The number of rotatable bonds is 9. The van der Waals surface area contributed by atoms with Gasteiger partial charge >= 0.3 is 5.97 Å². The van der Waals surface area contributed by atoms with Crippen LogP contribution in [0.25, 0.3) is 0 Å². The monoisotopic (exact) mass is 298 g/mol. The van der Waals surface area contributed by atoms with Crippen LogP contribution in [0, 0.1) is 0 Å². The van der Waals surface area contributed by atoms with Crippen LogP contribution in [-0.2, 0) is 14.3 Å². The summed E-state index contributed by atoms with van der Waals surface area (Å²) in [6, 6.07) is 0.947. The van der Waals surface area contributed by atoms with Crippen LogP contribution in [0.3, 0.4) is 0 Å². The average molecular weight is 298 g/mol. The molecule has 122 valence electrons. The highest BCUT2D eigenvalue weighted by Gasteiger charge is 2.49. The fourth-order valence-electron chi connectivity index (χ4n) is 3.19. The van der Waals surface area contributed by atoms with Crippen molar-refractivity contribution in [2.45, 2.75) is 63.6 Å². The second-order valence-corrected chi connectivity index (χ2v) is 6.30. The molecule has 0 aliphatic heterocycles. The lowest BCUT2D eigenvalue weighted by Gasteiger charge is -2.30. The number of nitrogens with one attached hydrogen (secondary N) is 1. The van der Waals surface area contributed by atoms with E-state index in [9.17, 15) is 4.79 Å². The van der Waals surface area contributed by atoms with Gasteiger partial charge in [0.05, 0.1) is 13.2 Å². The van der Waals surface area contributed by atoms with Crippen molar-refractivity contribution >= 4 is 5.97 Å².